The van der Waals surface area contributed by atoms with Gasteiger partial charge in [-0.05, 0) is 12.8 Å². The SMILES string of the molecule is COCCOCCN1CCC(OP(=O)(O)O)CC1. The fourth-order valence-electron chi connectivity index (χ4n) is 1.87. The van der Waals surface area contributed by atoms with Crippen LogP contribution >= 0.6 is 7.82 Å². The van der Waals surface area contributed by atoms with Crippen molar-refractivity contribution >= 4 is 7.82 Å². The number of hydrogen-bond donors (Lipinski definition) is 2. The van der Waals surface area contributed by atoms with E-state index in [2.05, 4.69) is 9.42 Å². The van der Waals surface area contributed by atoms with Gasteiger partial charge in [-0.25, -0.2) is 4.57 Å². The van der Waals surface area contributed by atoms with Crippen molar-refractivity contribution in [3.8, 4) is 0 Å². The number of likely N-dealkylation sites (tertiary alicyclic amines) is 1. The molecule has 1 rings (SSSR count). The van der Waals surface area contributed by atoms with E-state index >= 15 is 0 Å². The van der Waals surface area contributed by atoms with Gasteiger partial charge in [-0.2, -0.15) is 0 Å². The Morgan fingerprint density at radius 2 is 1.89 bits per heavy atom. The lowest BCUT2D eigenvalue weighted by Crippen LogP contribution is -2.38. The molecule has 18 heavy (non-hydrogen) atoms. The first-order valence-electron chi connectivity index (χ1n) is 6.04. The topological polar surface area (TPSA) is 88.5 Å². The quantitative estimate of drug-likeness (QED) is 0.486. The van der Waals surface area contributed by atoms with Crippen LogP contribution in [0.5, 0.6) is 0 Å². The predicted octanol–water partition coefficient (Wildman–Crippen LogP) is 0.223. The summed E-state index contributed by atoms with van der Waals surface area (Å²) in [5.74, 6) is 0. The molecule has 108 valence electrons. The van der Waals surface area contributed by atoms with E-state index in [-0.39, 0.29) is 6.10 Å². The Bertz CT molecular complexity index is 263. The van der Waals surface area contributed by atoms with Crippen LogP contribution in [0.1, 0.15) is 12.8 Å². The first kappa shape index (κ1) is 16.0. The Kier molecular flexibility index (Phi) is 7.33. The number of phosphoric acid groups is 1. The van der Waals surface area contributed by atoms with Crippen LogP contribution in [0.15, 0.2) is 0 Å². The molecule has 1 saturated heterocycles. The second-order valence-corrected chi connectivity index (χ2v) is 5.43. The minimum absolute atomic E-state index is 0.337. The van der Waals surface area contributed by atoms with Crippen LogP contribution in [-0.2, 0) is 18.6 Å². The van der Waals surface area contributed by atoms with Gasteiger partial charge < -0.3 is 24.2 Å². The molecule has 1 aliphatic heterocycles. The van der Waals surface area contributed by atoms with E-state index < -0.39 is 7.82 Å². The van der Waals surface area contributed by atoms with Crippen molar-refractivity contribution in [3.63, 3.8) is 0 Å². The second-order valence-electron chi connectivity index (χ2n) is 4.24. The molecule has 0 amide bonds. The Balaban J connectivity index is 2.06. The minimum Gasteiger partial charge on any atom is -0.382 e. The van der Waals surface area contributed by atoms with E-state index in [1.165, 1.54) is 0 Å². The standard InChI is InChI=1S/C10H22NO6P/c1-15-8-9-16-7-6-11-4-2-10(3-5-11)17-18(12,13)14/h10H,2-9H2,1H3,(H2,12,13,14). The highest BCUT2D eigenvalue weighted by Gasteiger charge is 2.26. The zero-order valence-electron chi connectivity index (χ0n) is 10.7. The normalized spacial score (nSPS) is 19.3. The maximum Gasteiger partial charge on any atom is 0.469 e. The summed E-state index contributed by atoms with van der Waals surface area (Å²) >= 11 is 0. The summed E-state index contributed by atoms with van der Waals surface area (Å²) < 4.78 is 25.6. The molecular formula is C10H22NO6P. The monoisotopic (exact) mass is 283 g/mol. The van der Waals surface area contributed by atoms with E-state index in [9.17, 15) is 4.57 Å². The number of methoxy groups -OCH3 is 1. The third-order valence-corrected chi connectivity index (χ3v) is 3.38. The molecule has 1 heterocycles. The first-order chi connectivity index (χ1) is 8.51. The van der Waals surface area contributed by atoms with Crippen LogP contribution in [0.25, 0.3) is 0 Å². The predicted molar refractivity (Wildman–Crippen MR) is 65.3 cm³/mol. The first-order valence-corrected chi connectivity index (χ1v) is 7.57. The van der Waals surface area contributed by atoms with Gasteiger partial charge in [-0.3, -0.25) is 4.52 Å². The van der Waals surface area contributed by atoms with E-state index in [0.29, 0.717) is 32.7 Å². The van der Waals surface area contributed by atoms with Gasteiger partial charge in [0.1, 0.15) is 0 Å². The lowest BCUT2D eigenvalue weighted by atomic mass is 10.1. The summed E-state index contributed by atoms with van der Waals surface area (Å²) in [4.78, 5) is 19.6. The van der Waals surface area contributed by atoms with Crippen molar-refractivity contribution in [2.75, 3.05) is 46.6 Å². The molecule has 7 nitrogen and oxygen atoms in total. The van der Waals surface area contributed by atoms with Gasteiger partial charge in [0.2, 0.25) is 0 Å². The Hall–Kier alpha value is -0.0100. The lowest BCUT2D eigenvalue weighted by molar-refractivity contribution is 0.0362. The molecule has 2 N–H and O–H groups in total. The summed E-state index contributed by atoms with van der Waals surface area (Å²) in [5, 5.41) is 0. The van der Waals surface area contributed by atoms with E-state index in [0.717, 1.165) is 19.6 Å². The molecule has 0 atom stereocenters. The minimum atomic E-state index is -4.34. The third-order valence-electron chi connectivity index (χ3n) is 2.80. The van der Waals surface area contributed by atoms with Gasteiger partial charge in [0.05, 0.1) is 25.9 Å². The molecule has 0 radical (unpaired) electrons. The number of ether oxygens (including phenoxy) is 2. The lowest BCUT2D eigenvalue weighted by Gasteiger charge is -2.31. The smallest absolute Gasteiger partial charge is 0.382 e. The summed E-state index contributed by atoms with van der Waals surface area (Å²) in [5.41, 5.74) is 0. The molecule has 1 fully saturated rings. The van der Waals surface area contributed by atoms with Crippen LogP contribution in [0.2, 0.25) is 0 Å². The molecule has 0 saturated carbocycles. The highest BCUT2D eigenvalue weighted by atomic mass is 31.2. The van der Waals surface area contributed by atoms with Crippen molar-refractivity contribution < 1.29 is 28.3 Å². The van der Waals surface area contributed by atoms with Gasteiger partial charge >= 0.3 is 7.82 Å². The maximum absolute atomic E-state index is 10.7. The van der Waals surface area contributed by atoms with E-state index in [4.69, 9.17) is 19.3 Å². The van der Waals surface area contributed by atoms with Crippen molar-refractivity contribution in [1.29, 1.82) is 0 Å². The van der Waals surface area contributed by atoms with Crippen LogP contribution in [-0.4, -0.2) is 67.4 Å². The molecule has 0 spiro atoms. The number of nitrogens with zero attached hydrogens (tertiary/aromatic N) is 1. The Morgan fingerprint density at radius 1 is 1.22 bits per heavy atom. The highest BCUT2D eigenvalue weighted by molar-refractivity contribution is 7.46. The summed E-state index contributed by atoms with van der Waals surface area (Å²) in [6.45, 7) is 4.21. The molecule has 0 aliphatic carbocycles. The molecular weight excluding hydrogens is 261 g/mol. The fourth-order valence-corrected chi connectivity index (χ4v) is 2.47. The second kappa shape index (κ2) is 8.22. The Labute approximate surface area is 107 Å². The fraction of sp³-hybridized carbons (Fsp3) is 1.00. The molecule has 0 bridgehead atoms. The summed E-state index contributed by atoms with van der Waals surface area (Å²) in [6, 6.07) is 0. The molecule has 8 heteroatoms. The van der Waals surface area contributed by atoms with Crippen molar-refractivity contribution in [2.24, 2.45) is 0 Å². The molecule has 0 aromatic heterocycles. The number of hydrogen-bond acceptors (Lipinski definition) is 5. The van der Waals surface area contributed by atoms with Gasteiger partial charge in [0.15, 0.2) is 0 Å². The molecule has 0 aromatic rings. The largest absolute Gasteiger partial charge is 0.469 e. The number of rotatable bonds is 8. The van der Waals surface area contributed by atoms with Gasteiger partial charge in [0.25, 0.3) is 0 Å². The zero-order chi connectivity index (χ0) is 13.4. The van der Waals surface area contributed by atoms with Crippen molar-refractivity contribution in [2.45, 2.75) is 18.9 Å². The zero-order valence-corrected chi connectivity index (χ0v) is 11.6. The van der Waals surface area contributed by atoms with Crippen LogP contribution in [0.3, 0.4) is 0 Å². The highest BCUT2D eigenvalue weighted by Crippen LogP contribution is 2.39. The van der Waals surface area contributed by atoms with Crippen LogP contribution in [0.4, 0.5) is 0 Å². The average molecular weight is 283 g/mol. The Morgan fingerprint density at radius 3 is 2.44 bits per heavy atom. The van der Waals surface area contributed by atoms with E-state index in [1.54, 1.807) is 7.11 Å². The van der Waals surface area contributed by atoms with Gasteiger partial charge in [0, 0.05) is 26.7 Å². The maximum atomic E-state index is 10.7. The van der Waals surface area contributed by atoms with Crippen molar-refractivity contribution in [1.82, 2.24) is 4.90 Å². The average Bonchev–Trinajstić information content (AvgIpc) is 2.29. The van der Waals surface area contributed by atoms with Crippen LogP contribution < -0.4 is 0 Å². The number of piperidine rings is 1. The van der Waals surface area contributed by atoms with Gasteiger partial charge in [-0.1, -0.05) is 0 Å². The van der Waals surface area contributed by atoms with Crippen molar-refractivity contribution in [3.05, 3.63) is 0 Å². The van der Waals surface area contributed by atoms with Gasteiger partial charge in [-0.15, -0.1) is 0 Å². The van der Waals surface area contributed by atoms with E-state index in [1.807, 2.05) is 0 Å². The summed E-state index contributed by atoms with van der Waals surface area (Å²) in [7, 11) is -2.71. The van der Waals surface area contributed by atoms with Crippen LogP contribution in [0, 0.1) is 0 Å². The number of phosphoric ester groups is 1. The molecule has 0 unspecified atom stereocenters. The summed E-state index contributed by atoms with van der Waals surface area (Å²) in [6.07, 6.45) is 0.948. The third kappa shape index (κ3) is 7.43. The molecule has 0 aromatic carbocycles. The molecule has 1 aliphatic rings.